The molecule has 2 aliphatic heterocycles. The first-order valence-corrected chi connectivity index (χ1v) is 17.1. The van der Waals surface area contributed by atoms with Crippen LogP contribution < -0.4 is 23.5 Å². The van der Waals surface area contributed by atoms with E-state index in [-0.39, 0.29) is 124 Å². The van der Waals surface area contributed by atoms with Gasteiger partial charge in [-0.2, -0.15) is 0 Å². The molecule has 0 aliphatic carbocycles. The third kappa shape index (κ3) is 8.11. The van der Waals surface area contributed by atoms with Crippen LogP contribution in [0.1, 0.15) is 29.5 Å². The predicted octanol–water partition coefficient (Wildman–Crippen LogP) is 9.60. The Kier molecular flexibility index (Phi) is 14.9. The largest absolute Gasteiger partial charge is 0.540 e. The zero-order chi connectivity index (χ0) is 33.4. The summed E-state index contributed by atoms with van der Waals surface area (Å²) in [6.07, 6.45) is 6.90. The standard InChI is InChI=1S/C43H36NO4Si.3Pr/c1-45-41-27-38-36-22-23-43(32-8-4-3-5-9-32,33-16-18-34(19-17-33)44-24-6-7-25-44)47-40(36)26-37(39(38)28-42(41)46-2)31-12-10-29(11-13-31)30-14-20-35(48-49)21-15-30;;;/h3-5,8-23,26-28H,6-7,24-25H2,1-2H3;;;. The molecule has 1 saturated heterocycles. The summed E-state index contributed by atoms with van der Waals surface area (Å²) in [7, 11) is 6.45. The van der Waals surface area contributed by atoms with Crippen LogP contribution in [0, 0.1) is 124 Å². The number of hydrogen-bond acceptors (Lipinski definition) is 5. The van der Waals surface area contributed by atoms with Gasteiger partial charge in [0, 0.05) is 159 Å². The maximum atomic E-state index is 7.28. The van der Waals surface area contributed by atoms with Crippen LogP contribution >= 0.6 is 0 Å². The van der Waals surface area contributed by atoms with Crippen LogP contribution in [-0.4, -0.2) is 37.8 Å². The van der Waals surface area contributed by atoms with Crippen LogP contribution in [0.25, 0.3) is 39.1 Å². The van der Waals surface area contributed by atoms with Gasteiger partial charge in [-0.25, -0.2) is 0 Å². The number of benzene rings is 6. The second-order valence-corrected chi connectivity index (χ2v) is 12.8. The number of methoxy groups -OCH3 is 2. The van der Waals surface area contributed by atoms with E-state index in [1.165, 1.54) is 18.5 Å². The minimum atomic E-state index is -0.811. The molecule has 6 radical (unpaired) electrons. The van der Waals surface area contributed by atoms with E-state index < -0.39 is 5.60 Å². The third-order valence-corrected chi connectivity index (χ3v) is 10.1. The number of nitrogens with zero attached hydrogens (tertiary/aromatic N) is 1. The fourth-order valence-corrected chi connectivity index (χ4v) is 7.40. The molecular formula is C43H36NO4Pr3Si. The maximum absolute atomic E-state index is 7.28. The molecule has 0 aromatic heterocycles. The second kappa shape index (κ2) is 18.5. The molecule has 0 N–H and O–H groups in total. The van der Waals surface area contributed by atoms with Crippen molar-refractivity contribution >= 4 is 33.0 Å². The third-order valence-electron chi connectivity index (χ3n) is 9.87. The molecule has 0 amide bonds. The van der Waals surface area contributed by atoms with Crippen LogP contribution in [-0.2, 0) is 5.60 Å². The number of anilines is 1. The first-order chi connectivity index (χ1) is 24.1. The summed E-state index contributed by atoms with van der Waals surface area (Å²) in [5, 5.41) is 2.08. The summed E-state index contributed by atoms with van der Waals surface area (Å²) in [5.74, 6) is 2.91. The number of rotatable bonds is 8. The second-order valence-electron chi connectivity index (χ2n) is 12.6. The Balaban J connectivity index is 0.00000174. The average Bonchev–Trinajstić information content (AvgIpc) is 3.73. The molecule has 52 heavy (non-hydrogen) atoms. The molecule has 1 fully saturated rings. The van der Waals surface area contributed by atoms with Crippen molar-refractivity contribution in [2.75, 3.05) is 32.2 Å². The summed E-state index contributed by atoms with van der Waals surface area (Å²) in [6.45, 7) is 2.21. The molecule has 1 unspecified atom stereocenters. The van der Waals surface area contributed by atoms with Crippen molar-refractivity contribution in [3.05, 3.63) is 144 Å². The first-order valence-electron chi connectivity index (χ1n) is 16.7. The first kappa shape index (κ1) is 41.8. The van der Waals surface area contributed by atoms with Gasteiger partial charge in [0.1, 0.15) is 11.5 Å². The van der Waals surface area contributed by atoms with Crippen molar-refractivity contribution in [1.82, 2.24) is 0 Å². The average molecular weight is 1080 g/mol. The molecule has 6 aromatic carbocycles. The summed E-state index contributed by atoms with van der Waals surface area (Å²) in [6, 6.07) is 42.4. The van der Waals surface area contributed by atoms with Crippen molar-refractivity contribution in [3.8, 4) is 45.3 Å². The number of ether oxygens (including phenoxy) is 3. The van der Waals surface area contributed by atoms with E-state index in [1.807, 2.05) is 18.2 Å². The molecule has 6 aromatic rings. The van der Waals surface area contributed by atoms with Gasteiger partial charge >= 0.3 is 10.5 Å². The molecule has 0 saturated carbocycles. The van der Waals surface area contributed by atoms with Gasteiger partial charge in [-0.1, -0.05) is 78.9 Å². The van der Waals surface area contributed by atoms with E-state index in [0.29, 0.717) is 11.5 Å². The summed E-state index contributed by atoms with van der Waals surface area (Å²) in [5.41, 5.74) is 7.95. The van der Waals surface area contributed by atoms with Crippen LogP contribution in [0.4, 0.5) is 5.69 Å². The Morgan fingerprint density at radius 2 is 1.19 bits per heavy atom. The fourth-order valence-electron chi connectivity index (χ4n) is 7.26. The molecule has 250 valence electrons. The topological polar surface area (TPSA) is 40.2 Å². The van der Waals surface area contributed by atoms with Gasteiger partial charge in [-0.05, 0) is 100 Å². The minimum Gasteiger partial charge on any atom is -0.540 e. The summed E-state index contributed by atoms with van der Waals surface area (Å²) in [4.78, 5) is 2.46. The van der Waals surface area contributed by atoms with Crippen LogP contribution in [0.5, 0.6) is 23.0 Å². The van der Waals surface area contributed by atoms with Crippen molar-refractivity contribution < 1.29 is 143 Å². The molecule has 0 spiro atoms. The molecule has 1 atom stereocenters. The van der Waals surface area contributed by atoms with Crippen molar-refractivity contribution in [2.24, 2.45) is 0 Å². The Labute approximate surface area is 409 Å². The van der Waals surface area contributed by atoms with Crippen LogP contribution in [0.15, 0.2) is 127 Å². The van der Waals surface area contributed by atoms with E-state index >= 15 is 0 Å². The Bertz CT molecular complexity index is 2160. The molecule has 5 nitrogen and oxygen atoms in total. The van der Waals surface area contributed by atoms with Crippen molar-refractivity contribution in [1.29, 1.82) is 0 Å². The fraction of sp³-hybridized carbons (Fsp3) is 0.163. The van der Waals surface area contributed by atoms with Gasteiger partial charge < -0.3 is 23.5 Å². The van der Waals surface area contributed by atoms with Gasteiger partial charge in [-0.15, -0.1) is 0 Å². The van der Waals surface area contributed by atoms with E-state index in [0.717, 1.165) is 74.3 Å². The predicted molar refractivity (Wildman–Crippen MR) is 199 cm³/mol. The molecule has 2 heterocycles. The number of fused-ring (bicyclic) bond motifs is 3. The van der Waals surface area contributed by atoms with Crippen molar-refractivity contribution in [3.63, 3.8) is 0 Å². The maximum Gasteiger partial charge on any atom is 0.341 e. The molecule has 8 rings (SSSR count). The summed E-state index contributed by atoms with van der Waals surface area (Å²) >= 11 is 0. The Morgan fingerprint density at radius 3 is 1.79 bits per heavy atom. The van der Waals surface area contributed by atoms with Crippen molar-refractivity contribution in [2.45, 2.75) is 18.4 Å². The van der Waals surface area contributed by atoms with E-state index in [9.17, 15) is 0 Å². The quantitative estimate of drug-likeness (QED) is 0.142. The zero-order valence-electron chi connectivity index (χ0n) is 29.3. The normalized spacial score (nSPS) is 15.7. The smallest absolute Gasteiger partial charge is 0.341 e. The van der Waals surface area contributed by atoms with Gasteiger partial charge in [0.2, 0.25) is 0 Å². The zero-order valence-corrected chi connectivity index (χ0v) is 41.5. The number of hydrogen-bond donors (Lipinski definition) is 0. The Hall–Kier alpha value is -1.37. The van der Waals surface area contributed by atoms with Crippen LogP contribution in [0.3, 0.4) is 0 Å². The monoisotopic (exact) mass is 1080 g/mol. The SMILES string of the molecule is COc1cc2c(-c3ccc(-c4ccc(O[Si])cc4)cc3)cc3c(c2cc1OC)C=CC(c1ccccc1)(c1ccc(N2CCCC2)cc1)O3.[Pr].[Pr].[Pr]. The Morgan fingerprint density at radius 1 is 0.635 bits per heavy atom. The molecule has 9 heteroatoms. The van der Waals surface area contributed by atoms with E-state index in [2.05, 4.69) is 131 Å². The van der Waals surface area contributed by atoms with E-state index in [1.54, 1.807) is 14.2 Å². The van der Waals surface area contributed by atoms with Gasteiger partial charge in [0.15, 0.2) is 17.1 Å². The van der Waals surface area contributed by atoms with Crippen LogP contribution in [0.2, 0.25) is 0 Å². The molecular weight excluding hydrogens is 1050 g/mol. The molecule has 0 bridgehead atoms. The minimum absolute atomic E-state index is 0. The molecule has 2 aliphatic rings. The van der Waals surface area contributed by atoms with Gasteiger partial charge in [0.25, 0.3) is 0 Å². The van der Waals surface area contributed by atoms with E-state index in [4.69, 9.17) is 18.6 Å². The van der Waals surface area contributed by atoms with Gasteiger partial charge in [0.05, 0.1) is 14.2 Å². The summed E-state index contributed by atoms with van der Waals surface area (Å²) < 4.78 is 24.0. The van der Waals surface area contributed by atoms with Gasteiger partial charge in [-0.3, -0.25) is 0 Å².